The van der Waals surface area contributed by atoms with Gasteiger partial charge in [0, 0.05) is 20.0 Å². The molecule has 51 heavy (non-hydrogen) atoms. The highest BCUT2D eigenvalue weighted by molar-refractivity contribution is 7.47. The lowest BCUT2D eigenvalue weighted by Gasteiger charge is -2.19. The molecule has 0 aromatic heterocycles. The normalized spacial score (nSPS) is 14.4. The van der Waals surface area contributed by atoms with E-state index in [9.17, 15) is 19.0 Å². The Kier molecular flexibility index (Phi) is 35.0. The number of ether oxygens (including phenoxy) is 2. The van der Waals surface area contributed by atoms with Crippen LogP contribution in [0.15, 0.2) is 85.1 Å². The van der Waals surface area contributed by atoms with Gasteiger partial charge in [0.05, 0.1) is 6.61 Å². The summed E-state index contributed by atoms with van der Waals surface area (Å²) in [4.78, 5) is 34.3. The zero-order valence-electron chi connectivity index (χ0n) is 32.0. The second-order valence-electron chi connectivity index (χ2n) is 12.3. The molecule has 0 fully saturated rings. The number of hydrogen-bond acceptors (Lipinski definition) is 7. The van der Waals surface area contributed by atoms with E-state index in [-0.39, 0.29) is 19.4 Å². The van der Waals surface area contributed by atoms with Crippen LogP contribution < -0.4 is 0 Å². The van der Waals surface area contributed by atoms with Crippen molar-refractivity contribution in [2.24, 2.45) is 0 Å². The number of esters is 2. The van der Waals surface area contributed by atoms with E-state index in [1.807, 2.05) is 0 Å². The summed E-state index contributed by atoms with van der Waals surface area (Å²) in [6, 6.07) is 0. The highest BCUT2D eigenvalue weighted by Gasteiger charge is 2.24. The monoisotopic (exact) mass is 732 g/mol. The predicted molar refractivity (Wildman–Crippen MR) is 211 cm³/mol. The topological polar surface area (TPSA) is 108 Å². The number of unbranched alkanes of at least 4 members (excludes halogenated alkanes) is 9. The minimum Gasteiger partial charge on any atom is -0.462 e. The van der Waals surface area contributed by atoms with E-state index in [1.54, 1.807) is 0 Å². The number of phosphoric acid groups is 1. The lowest BCUT2D eigenvalue weighted by molar-refractivity contribution is -0.161. The van der Waals surface area contributed by atoms with Gasteiger partial charge in [-0.15, -0.1) is 0 Å². The second-order valence-corrected chi connectivity index (χ2v) is 13.9. The summed E-state index contributed by atoms with van der Waals surface area (Å²) >= 11 is 0. The Hall–Kier alpha value is -2.77. The van der Waals surface area contributed by atoms with Crippen molar-refractivity contribution in [3.05, 3.63) is 85.1 Å². The maximum atomic E-state index is 12.5. The molecule has 0 aliphatic carbocycles. The summed E-state index contributed by atoms with van der Waals surface area (Å²) in [6.45, 7) is 3.64. The summed E-state index contributed by atoms with van der Waals surface area (Å²) in [7, 11) is -3.23. The standard InChI is InChI=1S/C42H69O8P/c1-4-6-8-10-12-14-16-18-19-20-21-22-23-25-27-29-31-33-35-37-42(44)50-40(39-49-51(45,46)47-3)38-48-41(43)36-34-32-30-28-26-24-17-15-13-11-9-7-5-2/h6,8-9,11-12,14-15,17-19,21-22,25,27,40H,4-5,7,10,13,16,20,23-24,26,28-39H2,1-3H3,(H,45,46)/b8-6-,11-9-,14-12-,17-15-,19-18-,22-21-,27-25-. The molecule has 0 saturated heterocycles. The van der Waals surface area contributed by atoms with E-state index < -0.39 is 32.5 Å². The highest BCUT2D eigenvalue weighted by Crippen LogP contribution is 2.42. The summed E-state index contributed by atoms with van der Waals surface area (Å²) < 4.78 is 31.8. The number of carbonyl (C=O) groups is 2. The molecule has 0 rings (SSSR count). The van der Waals surface area contributed by atoms with Crippen LogP contribution in [-0.2, 0) is 32.7 Å². The second kappa shape index (κ2) is 37.0. The van der Waals surface area contributed by atoms with E-state index in [0.717, 1.165) is 103 Å². The van der Waals surface area contributed by atoms with Crippen molar-refractivity contribution >= 4 is 19.8 Å². The molecule has 2 atom stereocenters. The van der Waals surface area contributed by atoms with Gasteiger partial charge in [-0.1, -0.05) is 131 Å². The van der Waals surface area contributed by atoms with Crippen LogP contribution in [-0.4, -0.2) is 43.3 Å². The molecule has 0 bridgehead atoms. The largest absolute Gasteiger partial charge is 0.472 e. The molecule has 0 spiro atoms. The Balaban J connectivity index is 4.17. The molecule has 290 valence electrons. The third-order valence-corrected chi connectivity index (χ3v) is 8.54. The third-order valence-electron chi connectivity index (χ3n) is 7.60. The quantitative estimate of drug-likeness (QED) is 0.0301. The number of rotatable bonds is 34. The van der Waals surface area contributed by atoms with Gasteiger partial charge in [0.25, 0.3) is 0 Å². The molecule has 0 aromatic rings. The van der Waals surface area contributed by atoms with Gasteiger partial charge >= 0.3 is 19.8 Å². The van der Waals surface area contributed by atoms with Crippen LogP contribution in [0.2, 0.25) is 0 Å². The van der Waals surface area contributed by atoms with E-state index >= 15 is 0 Å². The molecular weight excluding hydrogens is 663 g/mol. The first kappa shape index (κ1) is 48.2. The first-order valence-corrected chi connectivity index (χ1v) is 20.8. The molecular formula is C42H69O8P. The Morgan fingerprint density at radius 3 is 1.51 bits per heavy atom. The van der Waals surface area contributed by atoms with Crippen LogP contribution in [0.4, 0.5) is 0 Å². The SMILES string of the molecule is CC/C=C\C/C=C\C/C=C\C/C=C\C/C=C\CCCCCC(=O)OC(COC(=O)CCCCCCC/C=C\C/C=C\CCC)COP(=O)(O)OC. The van der Waals surface area contributed by atoms with Crippen molar-refractivity contribution in [3.63, 3.8) is 0 Å². The minimum atomic E-state index is -4.28. The Labute approximate surface area is 310 Å². The van der Waals surface area contributed by atoms with Crippen LogP contribution in [0.25, 0.3) is 0 Å². The maximum Gasteiger partial charge on any atom is 0.472 e. The highest BCUT2D eigenvalue weighted by atomic mass is 31.2. The summed E-state index contributed by atoms with van der Waals surface area (Å²) in [5.74, 6) is -0.869. The van der Waals surface area contributed by atoms with Gasteiger partial charge in [-0.05, 0) is 83.5 Å². The first-order valence-electron chi connectivity index (χ1n) is 19.3. The molecule has 0 radical (unpaired) electrons. The van der Waals surface area contributed by atoms with Gasteiger partial charge in [0.2, 0.25) is 0 Å². The van der Waals surface area contributed by atoms with Crippen molar-refractivity contribution in [1.82, 2.24) is 0 Å². The molecule has 2 unspecified atom stereocenters. The first-order chi connectivity index (χ1) is 24.8. The van der Waals surface area contributed by atoms with E-state index in [4.69, 9.17) is 14.0 Å². The Morgan fingerprint density at radius 2 is 1.00 bits per heavy atom. The van der Waals surface area contributed by atoms with Gasteiger partial charge in [-0.3, -0.25) is 18.6 Å². The number of hydrogen-bond donors (Lipinski definition) is 1. The van der Waals surface area contributed by atoms with Gasteiger partial charge in [-0.2, -0.15) is 0 Å². The van der Waals surface area contributed by atoms with Crippen molar-refractivity contribution in [3.8, 4) is 0 Å². The molecule has 1 N–H and O–H groups in total. The lowest BCUT2D eigenvalue weighted by atomic mass is 10.1. The summed E-state index contributed by atoms with van der Waals surface area (Å²) in [5.41, 5.74) is 0. The Bertz CT molecular complexity index is 1100. The van der Waals surface area contributed by atoms with Crippen LogP contribution in [0.3, 0.4) is 0 Å². The average Bonchev–Trinajstić information content (AvgIpc) is 3.12. The number of phosphoric ester groups is 1. The molecule has 0 aromatic carbocycles. The molecule has 0 amide bonds. The number of carbonyl (C=O) groups excluding carboxylic acids is 2. The zero-order valence-corrected chi connectivity index (χ0v) is 32.9. The molecule has 0 saturated carbocycles. The fourth-order valence-electron chi connectivity index (χ4n) is 4.66. The van der Waals surface area contributed by atoms with Crippen LogP contribution in [0.1, 0.15) is 142 Å². The lowest BCUT2D eigenvalue weighted by Crippen LogP contribution is -2.29. The van der Waals surface area contributed by atoms with E-state index in [1.165, 1.54) is 6.42 Å². The van der Waals surface area contributed by atoms with Gasteiger partial charge in [0.15, 0.2) is 6.10 Å². The fraction of sp³-hybridized carbons (Fsp3) is 0.619. The fourth-order valence-corrected chi connectivity index (χ4v) is 5.12. The maximum absolute atomic E-state index is 12.5. The molecule has 0 aliphatic heterocycles. The summed E-state index contributed by atoms with van der Waals surface area (Å²) in [5, 5.41) is 0. The van der Waals surface area contributed by atoms with Crippen LogP contribution in [0, 0.1) is 0 Å². The molecule has 0 aliphatic rings. The smallest absolute Gasteiger partial charge is 0.462 e. The van der Waals surface area contributed by atoms with Crippen LogP contribution in [0.5, 0.6) is 0 Å². The van der Waals surface area contributed by atoms with E-state index in [2.05, 4.69) is 103 Å². The third kappa shape index (κ3) is 36.8. The van der Waals surface area contributed by atoms with Crippen molar-refractivity contribution in [2.75, 3.05) is 20.3 Å². The zero-order chi connectivity index (χ0) is 37.5. The van der Waals surface area contributed by atoms with Crippen LogP contribution >= 0.6 is 7.82 Å². The van der Waals surface area contributed by atoms with Crippen molar-refractivity contribution in [2.45, 2.75) is 148 Å². The molecule has 8 nitrogen and oxygen atoms in total. The average molecular weight is 733 g/mol. The van der Waals surface area contributed by atoms with Gasteiger partial charge in [0.1, 0.15) is 6.61 Å². The Morgan fingerprint density at radius 1 is 0.569 bits per heavy atom. The predicted octanol–water partition coefficient (Wildman–Crippen LogP) is 11.9. The molecule has 0 heterocycles. The summed E-state index contributed by atoms with van der Waals surface area (Å²) in [6.07, 6.45) is 47.7. The van der Waals surface area contributed by atoms with Gasteiger partial charge < -0.3 is 14.4 Å². The minimum absolute atomic E-state index is 0.197. The molecule has 9 heteroatoms. The van der Waals surface area contributed by atoms with Crippen molar-refractivity contribution in [1.29, 1.82) is 0 Å². The van der Waals surface area contributed by atoms with Gasteiger partial charge in [-0.25, -0.2) is 4.57 Å². The van der Waals surface area contributed by atoms with Crippen molar-refractivity contribution < 1.29 is 37.6 Å². The number of allylic oxidation sites excluding steroid dienone is 14. The van der Waals surface area contributed by atoms with E-state index in [0.29, 0.717) is 12.8 Å².